The summed E-state index contributed by atoms with van der Waals surface area (Å²) < 4.78 is 0. The van der Waals surface area contributed by atoms with Crippen molar-refractivity contribution in [1.82, 2.24) is 4.98 Å². The van der Waals surface area contributed by atoms with E-state index in [-0.39, 0.29) is 5.91 Å². The monoisotopic (exact) mass is 267 g/mol. The molecule has 2 heterocycles. The molecule has 2 aromatic rings. The van der Waals surface area contributed by atoms with Crippen molar-refractivity contribution in [2.75, 3.05) is 10.6 Å². The molecule has 4 nitrogen and oxygen atoms in total. The van der Waals surface area contributed by atoms with E-state index in [0.29, 0.717) is 18.8 Å². The molecule has 0 bridgehead atoms. The molecule has 0 saturated carbocycles. The predicted molar refractivity (Wildman–Crippen MR) is 79.2 cm³/mol. The summed E-state index contributed by atoms with van der Waals surface area (Å²) in [7, 11) is 0. The van der Waals surface area contributed by atoms with Crippen LogP contribution in [-0.2, 0) is 17.8 Å². The average molecular weight is 267 g/mol. The van der Waals surface area contributed by atoms with Gasteiger partial charge in [-0.2, -0.15) is 0 Å². The number of nitrogens with two attached hydrogens (primary N) is 1. The molecule has 1 aromatic carbocycles. The van der Waals surface area contributed by atoms with Crippen molar-refractivity contribution in [3.8, 4) is 0 Å². The predicted octanol–water partition coefficient (Wildman–Crippen LogP) is 2.53. The summed E-state index contributed by atoms with van der Waals surface area (Å²) in [5, 5.41) is 0. The van der Waals surface area contributed by atoms with E-state index in [2.05, 4.69) is 11.1 Å². The molecule has 2 N–H and O–H groups in total. The molecule has 1 aliphatic rings. The average Bonchev–Trinajstić information content (AvgIpc) is 2.61. The van der Waals surface area contributed by atoms with Gasteiger partial charge in [0.25, 0.3) is 0 Å². The first-order chi connectivity index (χ1) is 9.75. The number of rotatable bonds is 2. The molecule has 0 saturated heterocycles. The zero-order chi connectivity index (χ0) is 13.9. The number of carbonyl (C=O) groups is 1. The fourth-order valence-electron chi connectivity index (χ4n) is 2.61. The maximum atomic E-state index is 12.4. The van der Waals surface area contributed by atoms with Crippen LogP contribution in [0, 0.1) is 0 Å². The number of anilines is 2. The number of benzene rings is 1. The summed E-state index contributed by atoms with van der Waals surface area (Å²) in [6.07, 6.45) is 4.08. The van der Waals surface area contributed by atoms with Gasteiger partial charge >= 0.3 is 0 Å². The Morgan fingerprint density at radius 2 is 2.00 bits per heavy atom. The van der Waals surface area contributed by atoms with Crippen molar-refractivity contribution >= 4 is 17.4 Å². The van der Waals surface area contributed by atoms with Crippen molar-refractivity contribution in [3.63, 3.8) is 0 Å². The second-order valence-electron chi connectivity index (χ2n) is 5.01. The van der Waals surface area contributed by atoms with Crippen molar-refractivity contribution < 1.29 is 4.79 Å². The fourth-order valence-corrected chi connectivity index (χ4v) is 2.61. The Morgan fingerprint density at radius 3 is 2.85 bits per heavy atom. The third-order valence-electron chi connectivity index (χ3n) is 3.67. The van der Waals surface area contributed by atoms with Gasteiger partial charge in [0, 0.05) is 23.9 Å². The molecule has 0 unspecified atom stereocenters. The van der Waals surface area contributed by atoms with Crippen molar-refractivity contribution in [3.05, 3.63) is 53.7 Å². The molecule has 102 valence electrons. The van der Waals surface area contributed by atoms with Crippen LogP contribution in [0.4, 0.5) is 11.5 Å². The quantitative estimate of drug-likeness (QED) is 0.909. The Hall–Kier alpha value is -2.36. The van der Waals surface area contributed by atoms with Crippen molar-refractivity contribution in [1.29, 1.82) is 0 Å². The van der Waals surface area contributed by atoms with E-state index in [0.717, 1.165) is 24.1 Å². The van der Waals surface area contributed by atoms with Gasteiger partial charge in [-0.1, -0.05) is 24.3 Å². The lowest BCUT2D eigenvalue weighted by molar-refractivity contribution is -0.118. The van der Waals surface area contributed by atoms with Crippen LogP contribution in [0.5, 0.6) is 0 Å². The Kier molecular flexibility index (Phi) is 3.37. The van der Waals surface area contributed by atoms with E-state index in [1.54, 1.807) is 6.20 Å². The topological polar surface area (TPSA) is 59.2 Å². The fraction of sp³-hybridized carbons (Fsp3) is 0.250. The second kappa shape index (κ2) is 5.33. The molecule has 1 amide bonds. The third kappa shape index (κ3) is 2.37. The molecular formula is C16H17N3O. The zero-order valence-corrected chi connectivity index (χ0v) is 11.2. The Morgan fingerprint density at radius 1 is 1.15 bits per heavy atom. The van der Waals surface area contributed by atoms with E-state index >= 15 is 0 Å². The number of carbonyl (C=O) groups excluding carboxylic acids is 1. The molecule has 20 heavy (non-hydrogen) atoms. The van der Waals surface area contributed by atoms with Crippen LogP contribution in [0.25, 0.3) is 0 Å². The van der Waals surface area contributed by atoms with Gasteiger partial charge in [-0.3, -0.25) is 4.79 Å². The minimum Gasteiger partial charge on any atom is -0.383 e. The molecule has 0 atom stereocenters. The van der Waals surface area contributed by atoms with Gasteiger partial charge in [0.05, 0.1) is 6.54 Å². The summed E-state index contributed by atoms with van der Waals surface area (Å²) in [6, 6.07) is 11.9. The summed E-state index contributed by atoms with van der Waals surface area (Å²) in [5.74, 6) is 0.639. The van der Waals surface area contributed by atoms with E-state index in [4.69, 9.17) is 5.73 Å². The summed E-state index contributed by atoms with van der Waals surface area (Å²) >= 11 is 0. The van der Waals surface area contributed by atoms with Crippen LogP contribution in [0.15, 0.2) is 42.6 Å². The highest BCUT2D eigenvalue weighted by molar-refractivity contribution is 5.94. The van der Waals surface area contributed by atoms with Crippen LogP contribution in [0.1, 0.15) is 24.0 Å². The number of aromatic nitrogens is 1. The number of aryl methyl sites for hydroxylation is 1. The lowest BCUT2D eigenvalue weighted by atomic mass is 10.1. The lowest BCUT2D eigenvalue weighted by Crippen LogP contribution is -2.30. The zero-order valence-electron chi connectivity index (χ0n) is 11.2. The first-order valence-electron chi connectivity index (χ1n) is 6.83. The maximum Gasteiger partial charge on any atom is 0.227 e. The minimum atomic E-state index is 0.151. The molecule has 3 rings (SSSR count). The number of hydrogen-bond acceptors (Lipinski definition) is 3. The molecule has 0 aliphatic carbocycles. The molecule has 4 heteroatoms. The summed E-state index contributed by atoms with van der Waals surface area (Å²) in [6.45, 7) is 0.482. The number of nitrogens with zero attached hydrogens (tertiary/aromatic N) is 2. The first kappa shape index (κ1) is 12.7. The number of fused-ring (bicyclic) bond motifs is 1. The highest BCUT2D eigenvalue weighted by Crippen LogP contribution is 2.28. The lowest BCUT2D eigenvalue weighted by Gasteiger charge is -2.23. The second-order valence-corrected chi connectivity index (χ2v) is 5.01. The molecule has 0 spiro atoms. The largest absolute Gasteiger partial charge is 0.383 e. The van der Waals surface area contributed by atoms with Gasteiger partial charge in [0.15, 0.2) is 0 Å². The van der Waals surface area contributed by atoms with Crippen LogP contribution < -0.4 is 10.6 Å². The maximum absolute atomic E-state index is 12.4. The smallest absolute Gasteiger partial charge is 0.227 e. The number of para-hydroxylation sites is 1. The van der Waals surface area contributed by atoms with Gasteiger partial charge < -0.3 is 10.6 Å². The molecule has 1 aromatic heterocycles. The number of nitrogen functional groups attached to an aromatic ring is 1. The van der Waals surface area contributed by atoms with Crippen LogP contribution in [-0.4, -0.2) is 10.9 Å². The summed E-state index contributed by atoms with van der Waals surface area (Å²) in [5.41, 5.74) is 9.00. The minimum absolute atomic E-state index is 0.151. The molecule has 1 aliphatic heterocycles. The molecule has 0 radical (unpaired) electrons. The Balaban J connectivity index is 1.98. The van der Waals surface area contributed by atoms with E-state index < -0.39 is 0 Å². The standard InChI is InChI=1S/C16H17N3O/c17-16-13(7-4-10-18-16)11-19-14-8-2-1-5-12(14)6-3-9-15(19)20/h1-2,4-5,7-8,10H,3,6,9,11H2,(H2,17,18). The summed E-state index contributed by atoms with van der Waals surface area (Å²) in [4.78, 5) is 18.3. The van der Waals surface area contributed by atoms with E-state index in [1.807, 2.05) is 35.2 Å². The van der Waals surface area contributed by atoms with E-state index in [1.165, 1.54) is 5.56 Å². The number of amides is 1. The number of pyridine rings is 1. The SMILES string of the molecule is Nc1ncccc1CN1C(=O)CCCc2ccccc21. The van der Waals surface area contributed by atoms with Crippen molar-refractivity contribution in [2.45, 2.75) is 25.8 Å². The third-order valence-corrected chi connectivity index (χ3v) is 3.67. The van der Waals surface area contributed by atoms with Crippen LogP contribution >= 0.6 is 0 Å². The van der Waals surface area contributed by atoms with Gasteiger partial charge in [-0.25, -0.2) is 4.98 Å². The van der Waals surface area contributed by atoms with Crippen LogP contribution in [0.2, 0.25) is 0 Å². The highest BCUT2D eigenvalue weighted by atomic mass is 16.2. The van der Waals surface area contributed by atoms with Crippen molar-refractivity contribution in [2.24, 2.45) is 0 Å². The van der Waals surface area contributed by atoms with Gasteiger partial charge in [-0.05, 0) is 30.5 Å². The number of hydrogen-bond donors (Lipinski definition) is 1. The Bertz CT molecular complexity index is 639. The normalized spacial score (nSPS) is 14.8. The van der Waals surface area contributed by atoms with Gasteiger partial charge in [0.2, 0.25) is 5.91 Å². The molecule has 0 fully saturated rings. The van der Waals surface area contributed by atoms with E-state index in [9.17, 15) is 4.79 Å². The van der Waals surface area contributed by atoms with Crippen LogP contribution in [0.3, 0.4) is 0 Å². The highest BCUT2D eigenvalue weighted by Gasteiger charge is 2.22. The molecular weight excluding hydrogens is 250 g/mol. The Labute approximate surface area is 118 Å². The van der Waals surface area contributed by atoms with Gasteiger partial charge in [-0.15, -0.1) is 0 Å². The first-order valence-corrected chi connectivity index (χ1v) is 6.83. The van der Waals surface area contributed by atoms with Gasteiger partial charge in [0.1, 0.15) is 5.82 Å².